The Balaban J connectivity index is 1.47. The SMILES string of the molecule is CC(=O)c1ccc(N2CCN(C(=O)c3cc([N+](=O)[O-])ccc3NCC3CC3)CC2)c(F)c1. The molecular formula is C23H25FN4O4. The van der Waals surface area contributed by atoms with Crippen molar-refractivity contribution in [2.24, 2.45) is 5.92 Å². The number of ketones is 1. The summed E-state index contributed by atoms with van der Waals surface area (Å²) in [7, 11) is 0. The van der Waals surface area contributed by atoms with E-state index in [9.17, 15) is 24.1 Å². The van der Waals surface area contributed by atoms with Crippen LogP contribution in [0.2, 0.25) is 0 Å². The van der Waals surface area contributed by atoms with Crippen molar-refractivity contribution in [2.45, 2.75) is 19.8 Å². The molecule has 4 rings (SSSR count). The van der Waals surface area contributed by atoms with Crippen LogP contribution in [0.15, 0.2) is 36.4 Å². The van der Waals surface area contributed by atoms with Crippen molar-refractivity contribution in [3.8, 4) is 0 Å². The number of hydrogen-bond donors (Lipinski definition) is 1. The van der Waals surface area contributed by atoms with Crippen LogP contribution in [0.3, 0.4) is 0 Å². The normalized spacial score (nSPS) is 16.1. The molecule has 1 aliphatic carbocycles. The first-order valence-electron chi connectivity index (χ1n) is 10.7. The van der Waals surface area contributed by atoms with E-state index in [0.717, 1.165) is 19.4 Å². The van der Waals surface area contributed by atoms with Gasteiger partial charge in [-0.2, -0.15) is 0 Å². The van der Waals surface area contributed by atoms with Crippen LogP contribution in [-0.2, 0) is 0 Å². The second-order valence-electron chi connectivity index (χ2n) is 8.31. The minimum absolute atomic E-state index is 0.128. The van der Waals surface area contributed by atoms with Crippen LogP contribution in [0.25, 0.3) is 0 Å². The first-order valence-corrected chi connectivity index (χ1v) is 10.7. The molecule has 2 fully saturated rings. The summed E-state index contributed by atoms with van der Waals surface area (Å²) in [6, 6.07) is 8.73. The van der Waals surface area contributed by atoms with Crippen molar-refractivity contribution in [3.63, 3.8) is 0 Å². The molecule has 1 saturated heterocycles. The Hall–Kier alpha value is -3.49. The second-order valence-corrected chi connectivity index (χ2v) is 8.31. The van der Waals surface area contributed by atoms with Gasteiger partial charge in [0.05, 0.1) is 16.2 Å². The number of carbonyl (C=O) groups is 2. The summed E-state index contributed by atoms with van der Waals surface area (Å²) >= 11 is 0. The number of nitrogens with one attached hydrogen (secondary N) is 1. The third-order valence-electron chi connectivity index (χ3n) is 5.98. The highest BCUT2D eigenvalue weighted by Gasteiger charge is 2.28. The fourth-order valence-electron chi connectivity index (χ4n) is 3.86. The molecule has 1 amide bonds. The molecule has 1 saturated carbocycles. The lowest BCUT2D eigenvalue weighted by atomic mass is 10.1. The van der Waals surface area contributed by atoms with Crippen LogP contribution in [-0.4, -0.2) is 54.2 Å². The van der Waals surface area contributed by atoms with Crippen LogP contribution in [0, 0.1) is 21.8 Å². The molecule has 0 spiro atoms. The van der Waals surface area contributed by atoms with Crippen LogP contribution < -0.4 is 10.2 Å². The predicted octanol–water partition coefficient (Wildman–Crippen LogP) is 3.72. The topological polar surface area (TPSA) is 95.8 Å². The maximum atomic E-state index is 14.5. The average Bonchev–Trinajstić information content (AvgIpc) is 3.61. The van der Waals surface area contributed by atoms with E-state index >= 15 is 0 Å². The molecular weight excluding hydrogens is 415 g/mol. The molecule has 2 aliphatic rings. The highest BCUT2D eigenvalue weighted by molar-refractivity contribution is 6.00. The first-order chi connectivity index (χ1) is 15.3. The van der Waals surface area contributed by atoms with E-state index in [1.807, 2.05) is 4.90 Å². The number of hydrogen-bond acceptors (Lipinski definition) is 6. The number of Topliss-reactive ketones (excluding diaryl/α,β-unsaturated/α-hetero) is 1. The van der Waals surface area contributed by atoms with E-state index in [2.05, 4.69) is 5.32 Å². The largest absolute Gasteiger partial charge is 0.384 e. The quantitative estimate of drug-likeness (QED) is 0.401. The molecule has 0 radical (unpaired) electrons. The van der Waals surface area contributed by atoms with Gasteiger partial charge in [-0.1, -0.05) is 0 Å². The van der Waals surface area contributed by atoms with Crippen molar-refractivity contribution in [2.75, 3.05) is 42.9 Å². The van der Waals surface area contributed by atoms with Gasteiger partial charge in [0.25, 0.3) is 11.6 Å². The number of non-ortho nitro benzene ring substituents is 1. The molecule has 0 aromatic heterocycles. The zero-order valence-corrected chi connectivity index (χ0v) is 17.8. The predicted molar refractivity (Wildman–Crippen MR) is 119 cm³/mol. The maximum absolute atomic E-state index is 14.5. The molecule has 9 heteroatoms. The minimum Gasteiger partial charge on any atom is -0.384 e. The van der Waals surface area contributed by atoms with Gasteiger partial charge < -0.3 is 15.1 Å². The summed E-state index contributed by atoms with van der Waals surface area (Å²) in [5, 5.41) is 14.5. The number of nitro benzene ring substituents is 1. The summed E-state index contributed by atoms with van der Waals surface area (Å²) in [4.78, 5) is 38.9. The minimum atomic E-state index is -0.507. The monoisotopic (exact) mass is 440 g/mol. The van der Waals surface area contributed by atoms with E-state index in [4.69, 9.17) is 0 Å². The maximum Gasteiger partial charge on any atom is 0.270 e. The molecule has 0 unspecified atom stereocenters. The average molecular weight is 440 g/mol. The van der Waals surface area contributed by atoms with Crippen molar-refractivity contribution in [1.82, 2.24) is 4.90 Å². The van der Waals surface area contributed by atoms with Gasteiger partial charge in [-0.25, -0.2) is 4.39 Å². The third kappa shape index (κ3) is 4.71. The van der Waals surface area contributed by atoms with Crippen LogP contribution in [0.5, 0.6) is 0 Å². The number of piperazine rings is 1. The Kier molecular flexibility index (Phi) is 6.07. The molecule has 8 nitrogen and oxygen atoms in total. The van der Waals surface area contributed by atoms with Crippen molar-refractivity contribution >= 4 is 28.8 Å². The first kappa shape index (κ1) is 21.7. The number of nitro groups is 1. The van der Waals surface area contributed by atoms with Crippen LogP contribution >= 0.6 is 0 Å². The molecule has 1 aliphatic heterocycles. The second kappa shape index (κ2) is 8.94. The number of halogens is 1. The molecule has 0 bridgehead atoms. The van der Waals surface area contributed by atoms with Gasteiger partial charge in [-0.3, -0.25) is 19.7 Å². The lowest BCUT2D eigenvalue weighted by Gasteiger charge is -2.36. The molecule has 168 valence electrons. The number of carbonyl (C=O) groups excluding carboxylic acids is 2. The summed E-state index contributed by atoms with van der Waals surface area (Å²) < 4.78 is 14.5. The van der Waals surface area contributed by atoms with Gasteiger partial charge in [0.1, 0.15) is 5.82 Å². The van der Waals surface area contributed by atoms with Gasteiger partial charge in [0, 0.05) is 56.1 Å². The fourth-order valence-corrected chi connectivity index (χ4v) is 3.86. The molecule has 2 aromatic rings. The highest BCUT2D eigenvalue weighted by atomic mass is 19.1. The van der Waals surface area contributed by atoms with Crippen molar-refractivity contribution < 1.29 is 18.9 Å². The van der Waals surface area contributed by atoms with E-state index in [1.54, 1.807) is 23.1 Å². The number of anilines is 2. The number of rotatable bonds is 7. The number of benzene rings is 2. The highest BCUT2D eigenvalue weighted by Crippen LogP contribution is 2.31. The van der Waals surface area contributed by atoms with Gasteiger partial charge >= 0.3 is 0 Å². The Morgan fingerprint density at radius 1 is 1.12 bits per heavy atom. The summed E-state index contributed by atoms with van der Waals surface area (Å²) in [6.45, 7) is 3.68. The standard InChI is InChI=1S/C23H25FN4O4/c1-15(29)17-4-7-22(20(24)12-17)26-8-10-27(11-9-26)23(30)19-13-18(28(31)32)5-6-21(19)25-14-16-2-3-16/h4-7,12-13,16,25H,2-3,8-11,14H2,1H3. The molecule has 1 N–H and O–H groups in total. The Morgan fingerprint density at radius 3 is 2.44 bits per heavy atom. The number of amides is 1. The van der Waals surface area contributed by atoms with Gasteiger partial charge in [0.15, 0.2) is 5.78 Å². The van der Waals surface area contributed by atoms with Crippen molar-refractivity contribution in [3.05, 3.63) is 63.5 Å². The van der Waals surface area contributed by atoms with Gasteiger partial charge in [-0.05, 0) is 49.9 Å². The van der Waals surface area contributed by atoms with E-state index < -0.39 is 10.7 Å². The van der Waals surface area contributed by atoms with E-state index in [1.165, 1.54) is 25.1 Å². The zero-order chi connectivity index (χ0) is 22.8. The lowest BCUT2D eigenvalue weighted by Crippen LogP contribution is -2.49. The fraction of sp³-hybridized carbons (Fsp3) is 0.391. The Morgan fingerprint density at radius 2 is 1.84 bits per heavy atom. The van der Waals surface area contributed by atoms with E-state index in [-0.39, 0.29) is 22.9 Å². The summed E-state index contributed by atoms with van der Waals surface area (Å²) in [6.07, 6.45) is 2.30. The summed E-state index contributed by atoms with van der Waals surface area (Å²) in [5.74, 6) is -0.364. The third-order valence-corrected chi connectivity index (χ3v) is 5.98. The van der Waals surface area contributed by atoms with Crippen LogP contribution in [0.1, 0.15) is 40.5 Å². The molecule has 0 atom stereocenters. The van der Waals surface area contributed by atoms with Gasteiger partial charge in [0.2, 0.25) is 0 Å². The van der Waals surface area contributed by atoms with E-state index in [0.29, 0.717) is 49.0 Å². The Labute approximate surface area is 185 Å². The number of nitrogens with zero attached hydrogens (tertiary/aromatic N) is 3. The summed E-state index contributed by atoms with van der Waals surface area (Å²) in [5.41, 5.74) is 1.46. The molecule has 32 heavy (non-hydrogen) atoms. The molecule has 1 heterocycles. The van der Waals surface area contributed by atoms with Crippen molar-refractivity contribution in [1.29, 1.82) is 0 Å². The lowest BCUT2D eigenvalue weighted by molar-refractivity contribution is -0.384. The smallest absolute Gasteiger partial charge is 0.270 e. The van der Waals surface area contributed by atoms with Gasteiger partial charge in [-0.15, -0.1) is 0 Å². The van der Waals surface area contributed by atoms with Crippen LogP contribution in [0.4, 0.5) is 21.5 Å². The zero-order valence-electron chi connectivity index (χ0n) is 17.8. The molecule has 2 aromatic carbocycles. The Bertz CT molecular complexity index is 1060.